The van der Waals surface area contributed by atoms with E-state index in [1.807, 2.05) is 44.3 Å². The topological polar surface area (TPSA) is 49.3 Å². The molecule has 3 aromatic rings. The minimum absolute atomic E-state index is 0.00988. The predicted octanol–water partition coefficient (Wildman–Crippen LogP) is 3.36. The van der Waals surface area contributed by atoms with Crippen LogP contribution in [0.3, 0.4) is 0 Å². The van der Waals surface area contributed by atoms with E-state index >= 15 is 0 Å². The first kappa shape index (κ1) is 16.9. The van der Waals surface area contributed by atoms with Crippen LogP contribution >= 0.6 is 0 Å². The number of rotatable bonds is 5. The fourth-order valence-corrected chi connectivity index (χ4v) is 2.74. The summed E-state index contributed by atoms with van der Waals surface area (Å²) in [6, 6.07) is 13.9. The van der Waals surface area contributed by atoms with Gasteiger partial charge < -0.3 is 9.80 Å². The lowest BCUT2D eigenvalue weighted by molar-refractivity contribution is 0.0802. The molecule has 0 spiro atoms. The van der Waals surface area contributed by atoms with E-state index in [4.69, 9.17) is 0 Å². The van der Waals surface area contributed by atoms with E-state index in [1.165, 1.54) is 5.56 Å². The Balaban J connectivity index is 1.79. The van der Waals surface area contributed by atoms with Gasteiger partial charge in [-0.15, -0.1) is 0 Å². The summed E-state index contributed by atoms with van der Waals surface area (Å²) in [4.78, 5) is 24.8. The van der Waals surface area contributed by atoms with Gasteiger partial charge in [0, 0.05) is 45.0 Å². The van der Waals surface area contributed by atoms with Crippen LogP contribution in [-0.2, 0) is 6.54 Å². The summed E-state index contributed by atoms with van der Waals surface area (Å²) in [5, 5.41) is 1.15. The van der Waals surface area contributed by atoms with Gasteiger partial charge in [0.05, 0.1) is 11.1 Å². The van der Waals surface area contributed by atoms with Crippen molar-refractivity contribution >= 4 is 22.6 Å². The maximum absolute atomic E-state index is 12.2. The van der Waals surface area contributed by atoms with Crippen LogP contribution in [0.2, 0.25) is 0 Å². The van der Waals surface area contributed by atoms with E-state index in [0.29, 0.717) is 12.1 Å². The standard InChI is InChI=1S/C20H22N4O/c1-4-23(2)20(25)15-10-11-19(22-13-15)24(3)14-16-7-5-9-18-17(16)8-6-12-21-18/h5-13H,4,14H2,1-3H3. The second-order valence-electron chi connectivity index (χ2n) is 6.07. The summed E-state index contributed by atoms with van der Waals surface area (Å²) in [5.74, 6) is 0.820. The number of anilines is 1. The molecule has 0 aliphatic carbocycles. The Morgan fingerprint density at radius 3 is 2.60 bits per heavy atom. The molecule has 0 aliphatic rings. The van der Waals surface area contributed by atoms with Crippen molar-refractivity contribution in [2.75, 3.05) is 25.5 Å². The lowest BCUT2D eigenvalue weighted by Gasteiger charge is -2.20. The number of carbonyl (C=O) groups is 1. The van der Waals surface area contributed by atoms with Crippen LogP contribution in [0.5, 0.6) is 0 Å². The summed E-state index contributed by atoms with van der Waals surface area (Å²) in [6.07, 6.45) is 3.45. The van der Waals surface area contributed by atoms with Crippen LogP contribution in [0.4, 0.5) is 5.82 Å². The summed E-state index contributed by atoms with van der Waals surface area (Å²) in [6.45, 7) is 3.35. The van der Waals surface area contributed by atoms with Gasteiger partial charge in [0.1, 0.15) is 5.82 Å². The third kappa shape index (κ3) is 3.60. The number of aromatic nitrogens is 2. The van der Waals surface area contributed by atoms with Crippen molar-refractivity contribution < 1.29 is 4.79 Å². The van der Waals surface area contributed by atoms with Gasteiger partial charge in [0.25, 0.3) is 5.91 Å². The molecule has 0 saturated carbocycles. The van der Waals surface area contributed by atoms with Crippen LogP contribution in [0, 0.1) is 0 Å². The van der Waals surface area contributed by atoms with Crippen LogP contribution in [-0.4, -0.2) is 41.4 Å². The van der Waals surface area contributed by atoms with E-state index in [1.54, 1.807) is 24.3 Å². The van der Waals surface area contributed by atoms with Crippen LogP contribution in [0.1, 0.15) is 22.8 Å². The Kier molecular flexibility index (Phi) is 4.93. The van der Waals surface area contributed by atoms with Gasteiger partial charge in [-0.1, -0.05) is 18.2 Å². The summed E-state index contributed by atoms with van der Waals surface area (Å²) in [5.41, 5.74) is 2.79. The van der Waals surface area contributed by atoms with Gasteiger partial charge in [-0.2, -0.15) is 0 Å². The van der Waals surface area contributed by atoms with Gasteiger partial charge in [0.2, 0.25) is 0 Å². The molecule has 25 heavy (non-hydrogen) atoms. The fraction of sp³-hybridized carbons (Fsp3) is 0.250. The van der Waals surface area contributed by atoms with Gasteiger partial charge in [-0.3, -0.25) is 9.78 Å². The van der Waals surface area contributed by atoms with Gasteiger partial charge >= 0.3 is 0 Å². The van der Waals surface area contributed by atoms with E-state index in [2.05, 4.69) is 27.0 Å². The number of pyridine rings is 2. The minimum atomic E-state index is -0.00988. The number of nitrogens with zero attached hydrogens (tertiary/aromatic N) is 4. The molecule has 0 unspecified atom stereocenters. The minimum Gasteiger partial charge on any atom is -0.355 e. The number of hydrogen-bond donors (Lipinski definition) is 0. The lowest BCUT2D eigenvalue weighted by Crippen LogP contribution is -2.26. The molecular weight excluding hydrogens is 312 g/mol. The maximum atomic E-state index is 12.2. The molecule has 3 rings (SSSR count). The number of carbonyl (C=O) groups excluding carboxylic acids is 1. The molecule has 0 bridgehead atoms. The van der Waals surface area contributed by atoms with Gasteiger partial charge in [-0.05, 0) is 36.8 Å². The Hall–Kier alpha value is -2.95. The molecule has 128 valence electrons. The van der Waals surface area contributed by atoms with Gasteiger partial charge in [-0.25, -0.2) is 4.98 Å². The number of fused-ring (bicyclic) bond motifs is 1. The van der Waals surface area contributed by atoms with Crippen molar-refractivity contribution in [2.24, 2.45) is 0 Å². The average molecular weight is 334 g/mol. The highest BCUT2D eigenvalue weighted by Gasteiger charge is 2.12. The first-order valence-corrected chi connectivity index (χ1v) is 8.35. The highest BCUT2D eigenvalue weighted by molar-refractivity contribution is 5.93. The smallest absolute Gasteiger partial charge is 0.255 e. The predicted molar refractivity (Wildman–Crippen MR) is 101 cm³/mol. The molecule has 0 atom stereocenters. The number of benzene rings is 1. The summed E-state index contributed by atoms with van der Waals surface area (Å²) >= 11 is 0. The first-order valence-electron chi connectivity index (χ1n) is 8.35. The van der Waals surface area contributed by atoms with Crippen molar-refractivity contribution in [1.82, 2.24) is 14.9 Å². The zero-order valence-electron chi connectivity index (χ0n) is 14.8. The monoisotopic (exact) mass is 334 g/mol. The molecule has 0 fully saturated rings. The number of hydrogen-bond acceptors (Lipinski definition) is 4. The van der Waals surface area contributed by atoms with E-state index in [-0.39, 0.29) is 5.91 Å². The molecule has 2 aromatic heterocycles. The molecule has 2 heterocycles. The second-order valence-corrected chi connectivity index (χ2v) is 6.07. The Morgan fingerprint density at radius 2 is 1.88 bits per heavy atom. The van der Waals surface area contributed by atoms with Crippen LogP contribution in [0.15, 0.2) is 54.9 Å². The van der Waals surface area contributed by atoms with E-state index in [9.17, 15) is 4.79 Å². The summed E-state index contributed by atoms with van der Waals surface area (Å²) < 4.78 is 0. The lowest BCUT2D eigenvalue weighted by atomic mass is 10.1. The molecule has 0 aliphatic heterocycles. The quantitative estimate of drug-likeness (QED) is 0.718. The molecule has 1 amide bonds. The van der Waals surface area contributed by atoms with Crippen molar-refractivity contribution in [3.05, 3.63) is 66.0 Å². The summed E-state index contributed by atoms with van der Waals surface area (Å²) in [7, 11) is 3.79. The normalized spacial score (nSPS) is 10.7. The first-order chi connectivity index (χ1) is 12.1. The zero-order chi connectivity index (χ0) is 17.8. The maximum Gasteiger partial charge on any atom is 0.255 e. The fourth-order valence-electron chi connectivity index (χ4n) is 2.74. The highest BCUT2D eigenvalue weighted by Crippen LogP contribution is 2.20. The third-order valence-corrected chi connectivity index (χ3v) is 4.35. The molecular formula is C20H22N4O. The average Bonchev–Trinajstić information content (AvgIpc) is 2.67. The van der Waals surface area contributed by atoms with Crippen molar-refractivity contribution in [3.8, 4) is 0 Å². The molecule has 0 N–H and O–H groups in total. The Labute approximate surface area is 147 Å². The van der Waals surface area contributed by atoms with Crippen LogP contribution in [0.25, 0.3) is 10.9 Å². The largest absolute Gasteiger partial charge is 0.355 e. The highest BCUT2D eigenvalue weighted by atomic mass is 16.2. The van der Waals surface area contributed by atoms with Crippen molar-refractivity contribution in [1.29, 1.82) is 0 Å². The van der Waals surface area contributed by atoms with Crippen LogP contribution < -0.4 is 4.90 Å². The molecule has 0 radical (unpaired) electrons. The third-order valence-electron chi connectivity index (χ3n) is 4.35. The molecule has 5 heteroatoms. The van der Waals surface area contributed by atoms with Gasteiger partial charge in [0.15, 0.2) is 0 Å². The number of amides is 1. The van der Waals surface area contributed by atoms with Crippen molar-refractivity contribution in [3.63, 3.8) is 0 Å². The SMILES string of the molecule is CCN(C)C(=O)c1ccc(N(C)Cc2cccc3ncccc23)nc1. The molecule has 1 aromatic carbocycles. The Bertz CT molecular complexity index is 871. The van der Waals surface area contributed by atoms with Crippen molar-refractivity contribution in [2.45, 2.75) is 13.5 Å². The zero-order valence-corrected chi connectivity index (χ0v) is 14.8. The second kappa shape index (κ2) is 7.30. The van der Waals surface area contributed by atoms with E-state index < -0.39 is 0 Å². The molecule has 0 saturated heterocycles. The molecule has 5 nitrogen and oxygen atoms in total. The Morgan fingerprint density at radius 1 is 1.04 bits per heavy atom. The van der Waals surface area contributed by atoms with E-state index in [0.717, 1.165) is 23.3 Å².